The summed E-state index contributed by atoms with van der Waals surface area (Å²) in [5, 5.41) is 15.7. The molecule has 0 bridgehead atoms. The molecule has 0 spiro atoms. The SMILES string of the molecule is C[C@H](Cc1ccc2c(ccn2Cc2ccccc2)c1)NC[C@H](O)c1cccc(Cl)c1. The lowest BCUT2D eigenvalue weighted by atomic mass is 10.0. The number of hydrogen-bond acceptors (Lipinski definition) is 2. The van der Waals surface area contributed by atoms with Crippen LogP contribution in [0.15, 0.2) is 85.1 Å². The zero-order valence-corrected chi connectivity index (χ0v) is 17.9. The van der Waals surface area contributed by atoms with Crippen LogP contribution in [0.1, 0.15) is 29.7 Å². The lowest BCUT2D eigenvalue weighted by molar-refractivity contribution is 0.170. The predicted molar refractivity (Wildman–Crippen MR) is 125 cm³/mol. The van der Waals surface area contributed by atoms with E-state index in [-0.39, 0.29) is 6.04 Å². The summed E-state index contributed by atoms with van der Waals surface area (Å²) in [6.07, 6.45) is 2.49. The topological polar surface area (TPSA) is 37.2 Å². The molecule has 0 aliphatic rings. The Morgan fingerprint density at radius 3 is 2.57 bits per heavy atom. The summed E-state index contributed by atoms with van der Waals surface area (Å²) in [6, 6.07) is 27.0. The van der Waals surface area contributed by atoms with Crippen molar-refractivity contribution in [3.05, 3.63) is 107 Å². The first kappa shape index (κ1) is 20.7. The van der Waals surface area contributed by atoms with Gasteiger partial charge in [-0.3, -0.25) is 0 Å². The fourth-order valence-electron chi connectivity index (χ4n) is 3.86. The van der Waals surface area contributed by atoms with Gasteiger partial charge >= 0.3 is 0 Å². The Hall–Kier alpha value is -2.59. The van der Waals surface area contributed by atoms with Gasteiger partial charge in [-0.2, -0.15) is 0 Å². The van der Waals surface area contributed by atoms with Crippen LogP contribution in [-0.4, -0.2) is 22.3 Å². The predicted octanol–water partition coefficient (Wildman–Crippen LogP) is 5.60. The van der Waals surface area contributed by atoms with Gasteiger partial charge in [-0.05, 0) is 65.8 Å². The molecule has 2 atom stereocenters. The van der Waals surface area contributed by atoms with Gasteiger partial charge in [0.1, 0.15) is 0 Å². The zero-order chi connectivity index (χ0) is 20.9. The van der Waals surface area contributed by atoms with Crippen molar-refractivity contribution in [3.8, 4) is 0 Å². The summed E-state index contributed by atoms with van der Waals surface area (Å²) in [7, 11) is 0. The molecule has 4 aromatic rings. The second-order valence-corrected chi connectivity index (χ2v) is 8.34. The maximum Gasteiger partial charge on any atom is 0.0914 e. The molecular formula is C26H27ClN2O. The number of nitrogens with zero attached hydrogens (tertiary/aromatic N) is 1. The number of halogens is 1. The lowest BCUT2D eigenvalue weighted by Gasteiger charge is -2.18. The first-order valence-corrected chi connectivity index (χ1v) is 10.7. The van der Waals surface area contributed by atoms with Crippen LogP contribution in [-0.2, 0) is 13.0 Å². The van der Waals surface area contributed by atoms with Crippen molar-refractivity contribution in [1.29, 1.82) is 0 Å². The fraction of sp³-hybridized carbons (Fsp3) is 0.231. The summed E-state index contributed by atoms with van der Waals surface area (Å²) in [5.41, 5.74) is 4.68. The van der Waals surface area contributed by atoms with Gasteiger partial charge in [-0.15, -0.1) is 0 Å². The molecule has 0 saturated carbocycles. The van der Waals surface area contributed by atoms with Crippen molar-refractivity contribution >= 4 is 22.5 Å². The van der Waals surface area contributed by atoms with Crippen LogP contribution in [0, 0.1) is 0 Å². The van der Waals surface area contributed by atoms with Crippen LogP contribution in [0.25, 0.3) is 10.9 Å². The Balaban J connectivity index is 1.36. The molecule has 0 amide bonds. The molecule has 4 rings (SSSR count). The van der Waals surface area contributed by atoms with E-state index in [2.05, 4.69) is 71.5 Å². The van der Waals surface area contributed by atoms with Crippen LogP contribution in [0.3, 0.4) is 0 Å². The van der Waals surface area contributed by atoms with Crippen molar-refractivity contribution in [2.24, 2.45) is 0 Å². The number of aliphatic hydroxyl groups is 1. The monoisotopic (exact) mass is 418 g/mol. The maximum absolute atomic E-state index is 10.4. The van der Waals surface area contributed by atoms with Crippen LogP contribution < -0.4 is 5.32 Å². The van der Waals surface area contributed by atoms with Gasteiger partial charge < -0.3 is 15.0 Å². The molecule has 1 aromatic heterocycles. The van der Waals surface area contributed by atoms with Gasteiger partial charge in [0.05, 0.1) is 6.10 Å². The number of fused-ring (bicyclic) bond motifs is 1. The molecule has 4 heteroatoms. The highest BCUT2D eigenvalue weighted by atomic mass is 35.5. The van der Waals surface area contributed by atoms with Crippen molar-refractivity contribution < 1.29 is 5.11 Å². The Bertz CT molecular complexity index is 1110. The molecule has 0 unspecified atom stereocenters. The summed E-state index contributed by atoms with van der Waals surface area (Å²) in [6.45, 7) is 3.52. The summed E-state index contributed by atoms with van der Waals surface area (Å²) >= 11 is 6.02. The molecule has 3 nitrogen and oxygen atoms in total. The minimum absolute atomic E-state index is 0.252. The minimum Gasteiger partial charge on any atom is -0.387 e. The van der Waals surface area contributed by atoms with E-state index >= 15 is 0 Å². The molecule has 0 aliphatic carbocycles. The van der Waals surface area contributed by atoms with E-state index in [0.29, 0.717) is 11.6 Å². The zero-order valence-electron chi connectivity index (χ0n) is 17.1. The van der Waals surface area contributed by atoms with E-state index in [0.717, 1.165) is 18.5 Å². The van der Waals surface area contributed by atoms with Crippen LogP contribution in [0.5, 0.6) is 0 Å². The highest BCUT2D eigenvalue weighted by molar-refractivity contribution is 6.30. The van der Waals surface area contributed by atoms with Crippen molar-refractivity contribution in [3.63, 3.8) is 0 Å². The molecule has 2 N–H and O–H groups in total. The number of benzene rings is 3. The fourth-order valence-corrected chi connectivity index (χ4v) is 4.06. The third-order valence-corrected chi connectivity index (χ3v) is 5.70. The van der Waals surface area contributed by atoms with Crippen LogP contribution >= 0.6 is 11.6 Å². The van der Waals surface area contributed by atoms with Crippen LogP contribution in [0.4, 0.5) is 0 Å². The van der Waals surface area contributed by atoms with Gasteiger partial charge in [-0.1, -0.05) is 60.1 Å². The molecule has 0 fully saturated rings. The van der Waals surface area contributed by atoms with Crippen molar-refractivity contribution in [2.75, 3.05) is 6.54 Å². The van der Waals surface area contributed by atoms with E-state index in [1.165, 1.54) is 22.0 Å². The average molecular weight is 419 g/mol. The van der Waals surface area contributed by atoms with Gasteiger partial charge in [0, 0.05) is 35.9 Å². The normalized spacial score (nSPS) is 13.4. The number of hydrogen-bond donors (Lipinski definition) is 2. The quantitative estimate of drug-likeness (QED) is 0.391. The van der Waals surface area contributed by atoms with Gasteiger partial charge in [0.25, 0.3) is 0 Å². The third-order valence-electron chi connectivity index (χ3n) is 5.47. The van der Waals surface area contributed by atoms with E-state index in [9.17, 15) is 5.11 Å². The molecule has 30 heavy (non-hydrogen) atoms. The number of aromatic nitrogens is 1. The highest BCUT2D eigenvalue weighted by Crippen LogP contribution is 2.21. The van der Waals surface area contributed by atoms with Crippen molar-refractivity contribution in [1.82, 2.24) is 9.88 Å². The van der Waals surface area contributed by atoms with E-state index in [4.69, 9.17) is 11.6 Å². The lowest BCUT2D eigenvalue weighted by Crippen LogP contribution is -2.32. The third kappa shape index (κ3) is 5.11. The van der Waals surface area contributed by atoms with E-state index < -0.39 is 6.10 Å². The number of aliphatic hydroxyl groups excluding tert-OH is 1. The first-order valence-electron chi connectivity index (χ1n) is 10.4. The molecule has 1 heterocycles. The Morgan fingerprint density at radius 1 is 0.933 bits per heavy atom. The maximum atomic E-state index is 10.4. The highest BCUT2D eigenvalue weighted by Gasteiger charge is 2.11. The van der Waals surface area contributed by atoms with Crippen molar-refractivity contribution in [2.45, 2.75) is 32.0 Å². The summed E-state index contributed by atoms with van der Waals surface area (Å²) in [4.78, 5) is 0. The summed E-state index contributed by atoms with van der Waals surface area (Å²) in [5.74, 6) is 0. The standard InChI is InChI=1S/C26H27ClN2O/c1-19(28-17-26(30)23-8-5-9-24(27)16-23)14-21-10-11-25-22(15-21)12-13-29(25)18-20-6-3-2-4-7-20/h2-13,15-16,19,26,28,30H,14,17-18H2,1H3/t19-,26+/m1/s1. The Kier molecular flexibility index (Phi) is 6.53. The second kappa shape index (κ2) is 9.48. The average Bonchev–Trinajstić information content (AvgIpc) is 3.14. The largest absolute Gasteiger partial charge is 0.387 e. The van der Waals surface area contributed by atoms with Crippen LogP contribution in [0.2, 0.25) is 5.02 Å². The van der Waals surface area contributed by atoms with Gasteiger partial charge in [0.15, 0.2) is 0 Å². The molecule has 0 saturated heterocycles. The molecular weight excluding hydrogens is 392 g/mol. The minimum atomic E-state index is -0.569. The van der Waals surface area contributed by atoms with E-state index in [1.54, 1.807) is 0 Å². The molecule has 154 valence electrons. The Morgan fingerprint density at radius 2 is 1.77 bits per heavy atom. The molecule has 0 radical (unpaired) electrons. The van der Waals surface area contributed by atoms with Gasteiger partial charge in [0.2, 0.25) is 0 Å². The summed E-state index contributed by atoms with van der Waals surface area (Å²) < 4.78 is 2.29. The second-order valence-electron chi connectivity index (χ2n) is 7.91. The smallest absolute Gasteiger partial charge is 0.0914 e. The molecule has 3 aromatic carbocycles. The molecule has 0 aliphatic heterocycles. The number of nitrogens with one attached hydrogen (secondary N) is 1. The number of rotatable bonds is 8. The Labute approximate surface area is 182 Å². The van der Waals surface area contributed by atoms with Gasteiger partial charge in [-0.25, -0.2) is 0 Å². The van der Waals surface area contributed by atoms with E-state index in [1.807, 2.05) is 30.3 Å². The first-order chi connectivity index (χ1) is 14.6.